The first-order valence-electron chi connectivity index (χ1n) is 8.68. The molecule has 1 atom stereocenters. The molecule has 6 heteroatoms. The van der Waals surface area contributed by atoms with Crippen molar-refractivity contribution in [1.29, 1.82) is 5.26 Å². The maximum absolute atomic E-state index is 9.50. The molecule has 2 aromatic rings. The lowest BCUT2D eigenvalue weighted by molar-refractivity contribution is 0.281. The quantitative estimate of drug-likeness (QED) is 0.824. The van der Waals surface area contributed by atoms with E-state index in [2.05, 4.69) is 45.9 Å². The lowest BCUT2D eigenvalue weighted by atomic mass is 10.1. The molecule has 5 nitrogen and oxygen atoms in total. The van der Waals surface area contributed by atoms with E-state index in [0.29, 0.717) is 5.92 Å². The molecule has 0 radical (unpaired) electrons. The predicted molar refractivity (Wildman–Crippen MR) is 102 cm³/mol. The molecule has 0 N–H and O–H groups in total. The van der Waals surface area contributed by atoms with Crippen LogP contribution in [-0.2, 0) is 6.54 Å². The molecule has 0 aliphatic carbocycles. The van der Waals surface area contributed by atoms with Crippen LogP contribution in [-0.4, -0.2) is 41.5 Å². The molecule has 3 rings (SSSR count). The number of rotatable bonds is 5. The van der Waals surface area contributed by atoms with Crippen molar-refractivity contribution in [3.8, 4) is 6.07 Å². The Bertz CT molecular complexity index is 792. The Hall–Kier alpha value is -1.97. The van der Waals surface area contributed by atoms with Gasteiger partial charge in [0.05, 0.1) is 28.1 Å². The zero-order valence-corrected chi connectivity index (χ0v) is 16.2. The first-order chi connectivity index (χ1) is 12.0. The van der Waals surface area contributed by atoms with E-state index in [4.69, 9.17) is 0 Å². The van der Waals surface area contributed by atoms with E-state index in [0.717, 1.165) is 60.9 Å². The summed E-state index contributed by atoms with van der Waals surface area (Å²) in [5, 5.41) is 9.50. The second kappa shape index (κ2) is 7.51. The molecule has 132 valence electrons. The summed E-state index contributed by atoms with van der Waals surface area (Å²) in [7, 11) is 2.18. The van der Waals surface area contributed by atoms with Gasteiger partial charge in [0.15, 0.2) is 0 Å². The number of hydrogen-bond donors (Lipinski definition) is 0. The summed E-state index contributed by atoms with van der Waals surface area (Å²) >= 11 is 1.74. The van der Waals surface area contributed by atoms with Gasteiger partial charge in [-0.3, -0.25) is 4.98 Å². The number of aromatic nitrogens is 2. The fourth-order valence-corrected chi connectivity index (χ4v) is 4.48. The third-order valence-corrected chi connectivity index (χ3v) is 5.79. The molecule has 25 heavy (non-hydrogen) atoms. The van der Waals surface area contributed by atoms with Crippen molar-refractivity contribution < 1.29 is 0 Å². The third kappa shape index (κ3) is 4.00. The lowest BCUT2D eigenvalue weighted by Gasteiger charge is -2.23. The standard InChI is InChI=1S/C19H25N5S/c1-13-7-18(17(8-20)14(2)22-13)24-6-5-16(10-24)9-23(4)11-19-15(3)21-12-25-19/h7,12,16H,5-6,9-11H2,1-4H3/t16-/m0/s1. The maximum atomic E-state index is 9.50. The highest BCUT2D eigenvalue weighted by molar-refractivity contribution is 7.09. The molecule has 0 amide bonds. The van der Waals surface area contributed by atoms with E-state index < -0.39 is 0 Å². The summed E-state index contributed by atoms with van der Waals surface area (Å²) in [6.45, 7) is 10.0. The number of anilines is 1. The minimum Gasteiger partial charge on any atom is -0.370 e. The SMILES string of the molecule is Cc1cc(N2CC[C@@H](CN(C)Cc3scnc3C)C2)c(C#N)c(C)n1. The van der Waals surface area contributed by atoms with Crippen LogP contribution in [0.25, 0.3) is 0 Å². The van der Waals surface area contributed by atoms with Gasteiger partial charge in [0.25, 0.3) is 0 Å². The number of hydrogen-bond acceptors (Lipinski definition) is 6. The average Bonchev–Trinajstić information content (AvgIpc) is 3.16. The highest BCUT2D eigenvalue weighted by atomic mass is 32.1. The Morgan fingerprint density at radius 2 is 2.16 bits per heavy atom. The van der Waals surface area contributed by atoms with Crippen LogP contribution in [0.4, 0.5) is 5.69 Å². The zero-order chi connectivity index (χ0) is 18.0. The number of aryl methyl sites for hydroxylation is 3. The summed E-state index contributed by atoms with van der Waals surface area (Å²) in [4.78, 5) is 14.9. The Kier molecular flexibility index (Phi) is 5.36. The van der Waals surface area contributed by atoms with Gasteiger partial charge in [-0.25, -0.2) is 4.98 Å². The van der Waals surface area contributed by atoms with Gasteiger partial charge in [-0.05, 0) is 46.2 Å². The molecular formula is C19H25N5S. The monoisotopic (exact) mass is 355 g/mol. The summed E-state index contributed by atoms with van der Waals surface area (Å²) in [6.07, 6.45) is 1.16. The Morgan fingerprint density at radius 1 is 1.36 bits per heavy atom. The largest absolute Gasteiger partial charge is 0.370 e. The normalized spacial score (nSPS) is 17.3. The zero-order valence-electron chi connectivity index (χ0n) is 15.4. The van der Waals surface area contributed by atoms with E-state index in [1.54, 1.807) is 11.3 Å². The van der Waals surface area contributed by atoms with Gasteiger partial charge in [0, 0.05) is 36.8 Å². The van der Waals surface area contributed by atoms with Gasteiger partial charge >= 0.3 is 0 Å². The molecule has 1 fully saturated rings. The first kappa shape index (κ1) is 17.8. The number of nitrogens with zero attached hydrogens (tertiary/aromatic N) is 5. The van der Waals surface area contributed by atoms with Gasteiger partial charge in [-0.2, -0.15) is 5.26 Å². The minimum atomic E-state index is 0.624. The van der Waals surface area contributed by atoms with Gasteiger partial charge in [-0.15, -0.1) is 11.3 Å². The molecule has 1 aliphatic heterocycles. The Morgan fingerprint density at radius 3 is 2.84 bits per heavy atom. The molecule has 0 saturated carbocycles. The van der Waals surface area contributed by atoms with E-state index in [1.807, 2.05) is 19.4 Å². The molecule has 2 aromatic heterocycles. The van der Waals surface area contributed by atoms with Crippen molar-refractivity contribution in [2.75, 3.05) is 31.6 Å². The fourth-order valence-electron chi connectivity index (χ4n) is 3.62. The molecule has 0 unspecified atom stereocenters. The van der Waals surface area contributed by atoms with E-state index in [-0.39, 0.29) is 0 Å². The van der Waals surface area contributed by atoms with Crippen LogP contribution in [0.15, 0.2) is 11.6 Å². The highest BCUT2D eigenvalue weighted by Gasteiger charge is 2.26. The molecule has 0 bridgehead atoms. The van der Waals surface area contributed by atoms with Crippen molar-refractivity contribution >= 4 is 17.0 Å². The maximum Gasteiger partial charge on any atom is 0.103 e. The molecule has 0 spiro atoms. The number of pyridine rings is 1. The summed E-state index contributed by atoms with van der Waals surface area (Å²) in [5.74, 6) is 0.624. The van der Waals surface area contributed by atoms with Crippen molar-refractivity contribution in [2.45, 2.75) is 33.7 Å². The summed E-state index contributed by atoms with van der Waals surface area (Å²) in [6, 6.07) is 4.39. The van der Waals surface area contributed by atoms with E-state index in [1.165, 1.54) is 4.88 Å². The van der Waals surface area contributed by atoms with Gasteiger partial charge in [-0.1, -0.05) is 0 Å². The summed E-state index contributed by atoms with van der Waals surface area (Å²) in [5.41, 5.74) is 6.65. The molecule has 0 aromatic carbocycles. The van der Waals surface area contributed by atoms with E-state index in [9.17, 15) is 5.26 Å². The lowest BCUT2D eigenvalue weighted by Crippen LogP contribution is -2.28. The first-order valence-corrected chi connectivity index (χ1v) is 9.56. The Labute approximate surface area is 153 Å². The van der Waals surface area contributed by atoms with Crippen LogP contribution < -0.4 is 4.90 Å². The van der Waals surface area contributed by atoms with Crippen LogP contribution >= 0.6 is 11.3 Å². The second-order valence-corrected chi connectivity index (χ2v) is 7.95. The highest BCUT2D eigenvalue weighted by Crippen LogP contribution is 2.29. The predicted octanol–water partition coefficient (Wildman–Crippen LogP) is 3.29. The summed E-state index contributed by atoms with van der Waals surface area (Å²) < 4.78 is 0. The van der Waals surface area contributed by atoms with Gasteiger partial charge in [0.1, 0.15) is 6.07 Å². The topological polar surface area (TPSA) is 56.0 Å². The van der Waals surface area contributed by atoms with Crippen LogP contribution in [0.5, 0.6) is 0 Å². The molecule has 1 aliphatic rings. The minimum absolute atomic E-state index is 0.624. The van der Waals surface area contributed by atoms with E-state index >= 15 is 0 Å². The number of thiazole rings is 1. The van der Waals surface area contributed by atoms with Crippen LogP contribution in [0.1, 0.15) is 33.9 Å². The van der Waals surface area contributed by atoms with Crippen LogP contribution in [0.3, 0.4) is 0 Å². The second-order valence-electron chi connectivity index (χ2n) is 7.01. The molecule has 1 saturated heterocycles. The van der Waals surface area contributed by atoms with Gasteiger partial charge < -0.3 is 9.80 Å². The van der Waals surface area contributed by atoms with Crippen LogP contribution in [0.2, 0.25) is 0 Å². The number of nitriles is 1. The van der Waals surface area contributed by atoms with Gasteiger partial charge in [0.2, 0.25) is 0 Å². The van der Waals surface area contributed by atoms with Crippen molar-refractivity contribution in [3.63, 3.8) is 0 Å². The Balaban J connectivity index is 1.64. The molecular weight excluding hydrogens is 330 g/mol. The van der Waals surface area contributed by atoms with Crippen LogP contribution in [0, 0.1) is 38.0 Å². The van der Waals surface area contributed by atoms with Crippen molar-refractivity contribution in [3.05, 3.63) is 39.1 Å². The van der Waals surface area contributed by atoms with Crippen molar-refractivity contribution in [1.82, 2.24) is 14.9 Å². The fraction of sp³-hybridized carbons (Fsp3) is 0.526. The smallest absolute Gasteiger partial charge is 0.103 e. The average molecular weight is 356 g/mol. The van der Waals surface area contributed by atoms with Crippen molar-refractivity contribution in [2.24, 2.45) is 5.92 Å². The third-order valence-electron chi connectivity index (χ3n) is 4.87. The molecule has 3 heterocycles.